The molecular weight excluding hydrogens is 1360 g/mol. The molecule has 6 saturated heterocycles. The maximum atomic E-state index is 13.3. The van der Waals surface area contributed by atoms with Crippen LogP contribution >= 0.6 is 0 Å². The molecule has 6 aliphatic heterocycles. The molecule has 24 heteroatoms. The van der Waals surface area contributed by atoms with Crippen LogP contribution in [0.15, 0.2) is 110 Å². The molecule has 24 nitrogen and oxygen atoms in total. The van der Waals surface area contributed by atoms with Gasteiger partial charge in [0.15, 0.2) is 0 Å². The second kappa shape index (κ2) is 37.6. The second-order valence-corrected chi connectivity index (χ2v) is 31.3. The number of nitrogens with one attached hydrogen (secondary N) is 3. The molecule has 6 fully saturated rings. The Morgan fingerprint density at radius 1 is 0.370 bits per heavy atom. The molecule has 0 bridgehead atoms. The molecule has 108 heavy (non-hydrogen) atoms. The van der Waals surface area contributed by atoms with Crippen LogP contribution in [0.3, 0.4) is 0 Å². The minimum atomic E-state index is -0.637. The third-order valence-corrected chi connectivity index (χ3v) is 22.8. The number of aromatic nitrogens is 3. The van der Waals surface area contributed by atoms with E-state index in [9.17, 15) is 28.8 Å². The first-order valence-electron chi connectivity index (χ1n) is 39.7. The Balaban J connectivity index is 0.000000173. The van der Waals surface area contributed by atoms with Gasteiger partial charge >= 0.3 is 35.4 Å². The summed E-state index contributed by atoms with van der Waals surface area (Å²) < 4.78 is 0. The number of rotatable bonds is 15. The quantitative estimate of drug-likeness (QED) is 0.0521. The summed E-state index contributed by atoms with van der Waals surface area (Å²) in [6.45, 7) is 40.0. The fourth-order valence-electron chi connectivity index (χ4n) is 15.9. The monoisotopic (exact) mass is 1480 g/mol. The van der Waals surface area contributed by atoms with Gasteiger partial charge in [-0.2, -0.15) is 0 Å². The van der Waals surface area contributed by atoms with Crippen molar-refractivity contribution >= 4 is 87.0 Å². The molecule has 3 aromatic heterocycles. The Hall–Kier alpha value is -9.39. The minimum Gasteiger partial charge on any atom is -0.383 e. The van der Waals surface area contributed by atoms with E-state index in [0.717, 1.165) is 150 Å². The molecule has 0 unspecified atom stereocenters. The summed E-state index contributed by atoms with van der Waals surface area (Å²) in [6, 6.07) is 32.5. The smallest absolute Gasteiger partial charge is 0.313 e. The van der Waals surface area contributed by atoms with Gasteiger partial charge in [0.2, 0.25) is 0 Å². The summed E-state index contributed by atoms with van der Waals surface area (Å²) in [5.41, 5.74) is 28.5. The summed E-state index contributed by atoms with van der Waals surface area (Å²) in [6.07, 6.45) is 12.2. The molecule has 582 valence electrons. The molecule has 0 spiro atoms. The Labute approximate surface area is 640 Å². The van der Waals surface area contributed by atoms with Gasteiger partial charge in [0, 0.05) is 133 Å². The molecule has 6 aliphatic rings. The predicted molar refractivity (Wildman–Crippen MR) is 435 cm³/mol. The minimum absolute atomic E-state index is 0.109. The summed E-state index contributed by atoms with van der Waals surface area (Å²) in [5, 5.41) is 8.20. The zero-order chi connectivity index (χ0) is 77.5. The van der Waals surface area contributed by atoms with Crippen LogP contribution < -0.4 is 47.9 Å². The summed E-state index contributed by atoms with van der Waals surface area (Å²) in [7, 11) is 0. The van der Waals surface area contributed by atoms with Crippen LogP contribution in [0.4, 0.5) is 51.6 Å². The molecule has 9 heterocycles. The first kappa shape index (κ1) is 81.1. The molecule has 6 amide bonds. The summed E-state index contributed by atoms with van der Waals surface area (Å²) in [5.74, 6) is -1.06. The highest BCUT2D eigenvalue weighted by Crippen LogP contribution is 2.39. The standard InChI is InChI=1S/3C28H40N6O2/c3*1-5-21-16-23(17-30-26(21)29)31-27(35)28(36)34-18-20(4)6-11-25(34)22-7-9-24(10-8-22)33-14-12-32(13-15-33)19(2)3/h3*7-10,16-17,19-20,25H,5-6,11-15,18H2,1-4H3,(H2,29,30)(H,31,35)/t3*20-,25+/m100/s1. The molecule has 0 radical (unpaired) electrons. The second-order valence-electron chi connectivity index (χ2n) is 31.3. The van der Waals surface area contributed by atoms with E-state index in [1.807, 2.05) is 20.8 Å². The number of carbonyl (C=O) groups excluding carboxylic acids is 6. The van der Waals surface area contributed by atoms with Crippen molar-refractivity contribution in [3.8, 4) is 0 Å². The van der Waals surface area contributed by atoms with Gasteiger partial charge in [0.05, 0.1) is 53.8 Å². The summed E-state index contributed by atoms with van der Waals surface area (Å²) in [4.78, 5) is 111. The van der Waals surface area contributed by atoms with E-state index < -0.39 is 35.4 Å². The van der Waals surface area contributed by atoms with Crippen LogP contribution in [0, 0.1) is 17.8 Å². The lowest BCUT2D eigenvalue weighted by atomic mass is 9.89. The third kappa shape index (κ3) is 20.7. The Bertz CT molecular complexity index is 3590. The lowest BCUT2D eigenvalue weighted by Gasteiger charge is -2.39. The first-order chi connectivity index (χ1) is 51.8. The van der Waals surface area contributed by atoms with Crippen molar-refractivity contribution in [2.45, 2.75) is 177 Å². The van der Waals surface area contributed by atoms with Gasteiger partial charge in [0.25, 0.3) is 0 Å². The topological polar surface area (TPSA) is 284 Å². The van der Waals surface area contributed by atoms with Crippen molar-refractivity contribution < 1.29 is 28.8 Å². The van der Waals surface area contributed by atoms with Crippen molar-refractivity contribution in [2.24, 2.45) is 17.8 Å². The van der Waals surface area contributed by atoms with Crippen LogP contribution in [-0.2, 0) is 48.0 Å². The van der Waals surface area contributed by atoms with E-state index in [-0.39, 0.29) is 18.1 Å². The number of nitrogen functional groups attached to an aromatic ring is 3. The number of amides is 6. The Morgan fingerprint density at radius 2 is 0.602 bits per heavy atom. The van der Waals surface area contributed by atoms with E-state index in [1.54, 1.807) is 32.9 Å². The first-order valence-corrected chi connectivity index (χ1v) is 39.7. The maximum Gasteiger partial charge on any atom is 0.313 e. The van der Waals surface area contributed by atoms with E-state index in [4.69, 9.17) is 17.2 Å². The van der Waals surface area contributed by atoms with Crippen molar-refractivity contribution in [1.82, 2.24) is 44.4 Å². The van der Waals surface area contributed by atoms with Crippen LogP contribution in [-0.4, -0.2) is 196 Å². The van der Waals surface area contributed by atoms with Crippen LogP contribution in [0.2, 0.25) is 0 Å². The zero-order valence-electron chi connectivity index (χ0n) is 66.1. The number of likely N-dealkylation sites (tertiary alicyclic amines) is 3. The molecule has 9 N–H and O–H groups in total. The number of aryl methyl sites for hydroxylation is 3. The van der Waals surface area contributed by atoms with E-state index >= 15 is 0 Å². The van der Waals surface area contributed by atoms with Gasteiger partial charge in [-0.25, -0.2) is 15.0 Å². The van der Waals surface area contributed by atoms with Gasteiger partial charge in [0.1, 0.15) is 17.5 Å². The number of piperidine rings is 3. The molecule has 6 aromatic rings. The fraction of sp³-hybridized carbons (Fsp3) is 0.536. The molecule has 12 rings (SSSR count). The highest BCUT2D eigenvalue weighted by atomic mass is 16.2. The Morgan fingerprint density at radius 3 is 0.815 bits per heavy atom. The number of pyridine rings is 3. The van der Waals surface area contributed by atoms with Crippen LogP contribution in [0.25, 0.3) is 0 Å². The third-order valence-electron chi connectivity index (χ3n) is 22.8. The predicted octanol–water partition coefficient (Wildman–Crippen LogP) is 11.1. The van der Waals surface area contributed by atoms with Gasteiger partial charge in [-0.15, -0.1) is 0 Å². The SMILES string of the molecule is CCc1cc(NC(=O)C(=O)N2C[C@@H](C)CC[C@@H]2c2ccc(N3CCN(C(C)C)CC3)cc2)cnc1N.CCc1cc(NC(=O)C(=O)N2C[C@@H](C)CC[C@@H]2c2ccc(N3CCN(C(C)C)CC3)cc2)cnc1N.CCc1cc(NC(=O)C(=O)N2C[C@H](C)CC[C@H]2c2ccc(N3CCN(C(C)C)CC3)cc2)cnc1N. The van der Waals surface area contributed by atoms with Gasteiger partial charge in [-0.3, -0.25) is 43.5 Å². The molecule has 3 aromatic carbocycles. The van der Waals surface area contributed by atoms with Crippen molar-refractivity contribution in [1.29, 1.82) is 0 Å². The van der Waals surface area contributed by atoms with E-state index in [1.165, 1.54) is 35.7 Å². The number of benzene rings is 3. The average molecular weight is 1480 g/mol. The fourth-order valence-corrected chi connectivity index (χ4v) is 15.9. The van der Waals surface area contributed by atoms with Gasteiger partial charge in [-0.1, -0.05) is 77.9 Å². The van der Waals surface area contributed by atoms with Gasteiger partial charge in [-0.05, 0) is 205 Å². The summed E-state index contributed by atoms with van der Waals surface area (Å²) >= 11 is 0. The highest BCUT2D eigenvalue weighted by Gasteiger charge is 2.38. The van der Waals surface area contributed by atoms with Crippen molar-refractivity contribution in [3.05, 3.63) is 143 Å². The lowest BCUT2D eigenvalue weighted by molar-refractivity contribution is -0.146. The molecule has 0 aliphatic carbocycles. The van der Waals surface area contributed by atoms with Crippen LogP contribution in [0.5, 0.6) is 0 Å². The zero-order valence-corrected chi connectivity index (χ0v) is 66.1. The molecule has 6 atom stereocenters. The van der Waals surface area contributed by atoms with Crippen molar-refractivity contribution in [3.63, 3.8) is 0 Å². The number of hydrogen-bond acceptors (Lipinski definition) is 18. The van der Waals surface area contributed by atoms with Crippen molar-refractivity contribution in [2.75, 3.05) is 146 Å². The number of anilines is 9. The number of carbonyl (C=O) groups is 6. The number of piperazine rings is 3. The van der Waals surface area contributed by atoms with E-state index in [0.29, 0.717) is 109 Å². The number of hydrogen-bond donors (Lipinski definition) is 6. The average Bonchev–Trinajstić information content (AvgIpc) is 0.806. The largest absolute Gasteiger partial charge is 0.383 e. The molecule has 0 saturated carbocycles. The lowest BCUT2D eigenvalue weighted by Crippen LogP contribution is -2.49. The van der Waals surface area contributed by atoms with Crippen LogP contribution in [0.1, 0.15) is 173 Å². The number of nitrogens with zero attached hydrogens (tertiary/aromatic N) is 12. The number of nitrogens with two attached hydrogens (primary N) is 3. The Kier molecular flexibility index (Phi) is 28.3. The normalized spacial score (nSPS) is 21.0. The van der Waals surface area contributed by atoms with E-state index in [2.05, 4.69) is 195 Å². The maximum absolute atomic E-state index is 13.3. The molecular formula is C84H120N18O6. The van der Waals surface area contributed by atoms with Gasteiger partial charge < -0.3 is 62.6 Å². The highest BCUT2D eigenvalue weighted by molar-refractivity contribution is 6.40.